The number of rotatable bonds is 7. The molecule has 1 aliphatic rings. The molecule has 0 aliphatic carbocycles. The first-order valence-electron chi connectivity index (χ1n) is 8.38. The lowest BCUT2D eigenvalue weighted by molar-refractivity contribution is -0.137. The van der Waals surface area contributed by atoms with Crippen molar-refractivity contribution in [3.63, 3.8) is 0 Å². The molecule has 0 aromatic heterocycles. The molecule has 2 aromatic rings. The van der Waals surface area contributed by atoms with E-state index in [9.17, 15) is 14.4 Å². The van der Waals surface area contributed by atoms with Crippen molar-refractivity contribution in [2.75, 3.05) is 4.90 Å². The molecule has 0 saturated carbocycles. The maximum atomic E-state index is 13.4. The van der Waals surface area contributed by atoms with Gasteiger partial charge in [0, 0.05) is 18.5 Å². The second-order valence-corrected chi connectivity index (χ2v) is 6.36. The van der Waals surface area contributed by atoms with Gasteiger partial charge >= 0.3 is 11.9 Å². The van der Waals surface area contributed by atoms with Gasteiger partial charge in [0.1, 0.15) is 0 Å². The number of nitrogens with zero attached hydrogens (tertiary/aromatic N) is 1. The van der Waals surface area contributed by atoms with Gasteiger partial charge in [0.15, 0.2) is 0 Å². The molecule has 26 heavy (non-hydrogen) atoms. The average molecular weight is 353 g/mol. The zero-order valence-corrected chi connectivity index (χ0v) is 14.1. The largest absolute Gasteiger partial charge is 0.481 e. The fourth-order valence-corrected chi connectivity index (χ4v) is 3.59. The summed E-state index contributed by atoms with van der Waals surface area (Å²) < 4.78 is 0. The lowest BCUT2D eigenvalue weighted by Crippen LogP contribution is -2.39. The molecule has 0 fully saturated rings. The summed E-state index contributed by atoms with van der Waals surface area (Å²) in [5, 5.41) is 18.3. The molecule has 2 N–H and O–H groups in total. The van der Waals surface area contributed by atoms with Crippen molar-refractivity contribution in [3.8, 4) is 0 Å². The quantitative estimate of drug-likeness (QED) is 0.796. The van der Waals surface area contributed by atoms with E-state index >= 15 is 0 Å². The molecule has 0 saturated heterocycles. The standard InChI is InChI=1S/C20H19NO5/c22-17(23)10-12-20(13-11-18(24)25)15-8-4-5-9-16(15)21(19(20)26)14-6-2-1-3-7-14/h1-9H,10-13H2,(H,22,23)(H,24,25). The summed E-state index contributed by atoms with van der Waals surface area (Å²) in [4.78, 5) is 37.3. The van der Waals surface area contributed by atoms with E-state index in [1.807, 2.05) is 30.3 Å². The van der Waals surface area contributed by atoms with E-state index in [0.717, 1.165) is 0 Å². The Labute approximate surface area is 150 Å². The first kappa shape index (κ1) is 17.7. The highest BCUT2D eigenvalue weighted by atomic mass is 16.4. The van der Waals surface area contributed by atoms with Crippen LogP contribution in [-0.4, -0.2) is 28.1 Å². The number of carboxylic acid groups (broad SMARTS) is 2. The summed E-state index contributed by atoms with van der Waals surface area (Å²) in [6, 6.07) is 16.3. The Bertz CT molecular complexity index is 828. The molecule has 134 valence electrons. The molecule has 1 heterocycles. The molecule has 0 bridgehead atoms. The van der Waals surface area contributed by atoms with Gasteiger partial charge in [0.25, 0.3) is 0 Å². The highest BCUT2D eigenvalue weighted by molar-refractivity contribution is 6.13. The Morgan fingerprint density at radius 3 is 1.96 bits per heavy atom. The van der Waals surface area contributed by atoms with E-state index in [0.29, 0.717) is 16.9 Å². The number of carbonyl (C=O) groups is 3. The van der Waals surface area contributed by atoms with Gasteiger partial charge in [-0.2, -0.15) is 0 Å². The van der Waals surface area contributed by atoms with Crippen molar-refractivity contribution in [1.82, 2.24) is 0 Å². The summed E-state index contributed by atoms with van der Waals surface area (Å²) in [6.07, 6.45) is -0.283. The number of hydrogen-bond donors (Lipinski definition) is 2. The lowest BCUT2D eigenvalue weighted by Gasteiger charge is -2.28. The number of amides is 1. The second kappa shape index (κ2) is 7.00. The predicted molar refractivity (Wildman–Crippen MR) is 95.4 cm³/mol. The van der Waals surface area contributed by atoms with Gasteiger partial charge < -0.3 is 10.2 Å². The fourth-order valence-electron chi connectivity index (χ4n) is 3.59. The van der Waals surface area contributed by atoms with Crippen LogP contribution in [0.3, 0.4) is 0 Å². The van der Waals surface area contributed by atoms with Gasteiger partial charge in [-0.3, -0.25) is 19.3 Å². The zero-order chi connectivity index (χ0) is 18.7. The Morgan fingerprint density at radius 2 is 1.38 bits per heavy atom. The Morgan fingerprint density at radius 1 is 0.846 bits per heavy atom. The third-order valence-electron chi connectivity index (χ3n) is 4.82. The molecule has 6 nitrogen and oxygen atoms in total. The minimum atomic E-state index is -1.15. The number of carbonyl (C=O) groups excluding carboxylic acids is 1. The zero-order valence-electron chi connectivity index (χ0n) is 14.1. The molecule has 0 radical (unpaired) electrons. The lowest BCUT2D eigenvalue weighted by atomic mass is 9.74. The molecule has 3 rings (SSSR count). The third kappa shape index (κ3) is 3.06. The van der Waals surface area contributed by atoms with Crippen LogP contribution in [0.5, 0.6) is 0 Å². The Balaban J connectivity index is 2.12. The Hall–Kier alpha value is -3.15. The van der Waals surface area contributed by atoms with Crippen LogP contribution < -0.4 is 4.90 Å². The van der Waals surface area contributed by atoms with E-state index in [2.05, 4.69) is 0 Å². The van der Waals surface area contributed by atoms with Crippen LogP contribution in [0.2, 0.25) is 0 Å². The topological polar surface area (TPSA) is 94.9 Å². The van der Waals surface area contributed by atoms with Crippen LogP contribution in [0, 0.1) is 0 Å². The highest BCUT2D eigenvalue weighted by Crippen LogP contribution is 2.50. The third-order valence-corrected chi connectivity index (χ3v) is 4.82. The number of anilines is 2. The van der Waals surface area contributed by atoms with Gasteiger partial charge in [-0.05, 0) is 36.6 Å². The van der Waals surface area contributed by atoms with Crippen LogP contribution >= 0.6 is 0 Å². The number of hydrogen-bond acceptors (Lipinski definition) is 3. The summed E-state index contributed by atoms with van der Waals surface area (Å²) >= 11 is 0. The average Bonchev–Trinajstić information content (AvgIpc) is 2.87. The minimum Gasteiger partial charge on any atom is -0.481 e. The molecule has 0 atom stereocenters. The monoisotopic (exact) mass is 353 g/mol. The number of para-hydroxylation sites is 2. The van der Waals surface area contributed by atoms with Crippen molar-refractivity contribution in [2.45, 2.75) is 31.1 Å². The van der Waals surface area contributed by atoms with Crippen molar-refractivity contribution in [2.24, 2.45) is 0 Å². The SMILES string of the molecule is O=C(O)CCC1(CCC(=O)O)C(=O)N(c2ccccc2)c2ccccc21. The second-order valence-electron chi connectivity index (χ2n) is 6.36. The van der Waals surface area contributed by atoms with Crippen molar-refractivity contribution in [3.05, 3.63) is 60.2 Å². The van der Waals surface area contributed by atoms with E-state index < -0.39 is 17.4 Å². The maximum Gasteiger partial charge on any atom is 0.303 e. The molecule has 1 aliphatic heterocycles. The fraction of sp³-hybridized carbons (Fsp3) is 0.250. The van der Waals surface area contributed by atoms with Gasteiger partial charge in [-0.1, -0.05) is 36.4 Å². The smallest absolute Gasteiger partial charge is 0.303 e. The van der Waals surface area contributed by atoms with Crippen LogP contribution in [0.4, 0.5) is 11.4 Å². The molecule has 1 amide bonds. The molecule has 0 spiro atoms. The molecule has 0 unspecified atom stereocenters. The number of fused-ring (bicyclic) bond motifs is 1. The summed E-state index contributed by atoms with van der Waals surface area (Å²) in [5.41, 5.74) is 0.900. The predicted octanol–water partition coefficient (Wildman–Crippen LogP) is 3.33. The van der Waals surface area contributed by atoms with E-state index in [1.54, 1.807) is 29.2 Å². The van der Waals surface area contributed by atoms with Gasteiger partial charge in [0.2, 0.25) is 5.91 Å². The van der Waals surface area contributed by atoms with Crippen LogP contribution in [0.15, 0.2) is 54.6 Å². The van der Waals surface area contributed by atoms with Gasteiger partial charge in [-0.15, -0.1) is 0 Å². The Kier molecular flexibility index (Phi) is 4.75. The summed E-state index contributed by atoms with van der Waals surface area (Å²) in [7, 11) is 0. The number of aliphatic carboxylic acids is 2. The minimum absolute atomic E-state index is 0.0643. The number of carboxylic acids is 2. The molecular formula is C20H19NO5. The molecule has 2 aromatic carbocycles. The molecule has 6 heteroatoms. The van der Waals surface area contributed by atoms with E-state index in [-0.39, 0.29) is 31.6 Å². The summed E-state index contributed by atoms with van der Waals surface area (Å²) in [6.45, 7) is 0. The number of benzene rings is 2. The van der Waals surface area contributed by atoms with Crippen LogP contribution in [0.1, 0.15) is 31.2 Å². The van der Waals surface area contributed by atoms with Crippen LogP contribution in [0.25, 0.3) is 0 Å². The normalized spacial score (nSPS) is 14.9. The van der Waals surface area contributed by atoms with Crippen molar-refractivity contribution < 1.29 is 24.6 Å². The maximum absolute atomic E-state index is 13.4. The van der Waals surface area contributed by atoms with Crippen molar-refractivity contribution in [1.29, 1.82) is 0 Å². The van der Waals surface area contributed by atoms with Crippen LogP contribution in [-0.2, 0) is 19.8 Å². The highest BCUT2D eigenvalue weighted by Gasteiger charge is 2.51. The molecular weight excluding hydrogens is 334 g/mol. The van der Waals surface area contributed by atoms with E-state index in [4.69, 9.17) is 10.2 Å². The van der Waals surface area contributed by atoms with Gasteiger partial charge in [-0.25, -0.2) is 0 Å². The summed E-state index contributed by atoms with van der Waals surface area (Å²) in [5.74, 6) is -2.29. The van der Waals surface area contributed by atoms with Gasteiger partial charge in [0.05, 0.1) is 11.1 Å². The first-order chi connectivity index (χ1) is 12.5. The van der Waals surface area contributed by atoms with Crippen molar-refractivity contribution >= 4 is 29.2 Å². The van der Waals surface area contributed by atoms with E-state index in [1.165, 1.54) is 0 Å². The first-order valence-corrected chi connectivity index (χ1v) is 8.38.